The van der Waals surface area contributed by atoms with Crippen LogP contribution in [0.1, 0.15) is 44.1 Å². The number of nitrogens with zero attached hydrogens (tertiary/aromatic N) is 1. The number of carbonyl (C=O) groups is 1. The molecule has 0 bridgehead atoms. The molecule has 0 radical (unpaired) electrons. The molecule has 90 valence electrons. The van der Waals surface area contributed by atoms with Crippen LogP contribution in [0.3, 0.4) is 0 Å². The van der Waals surface area contributed by atoms with Crippen molar-refractivity contribution in [3.63, 3.8) is 0 Å². The van der Waals surface area contributed by atoms with Gasteiger partial charge in [-0.2, -0.15) is 0 Å². The third kappa shape index (κ3) is 4.18. The molecule has 0 saturated heterocycles. The molecule has 1 amide bonds. The minimum atomic E-state index is -0.135. The number of nitrogen functional groups attached to an aromatic ring is 1. The molecular formula is C11H19N3OS. The van der Waals surface area contributed by atoms with Gasteiger partial charge in [-0.3, -0.25) is 4.79 Å². The zero-order chi connectivity index (χ0) is 12.1. The van der Waals surface area contributed by atoms with E-state index in [4.69, 9.17) is 5.73 Å². The molecule has 0 fully saturated rings. The van der Waals surface area contributed by atoms with E-state index in [2.05, 4.69) is 24.1 Å². The van der Waals surface area contributed by atoms with E-state index in [1.807, 2.05) is 6.92 Å². The monoisotopic (exact) mass is 241 g/mol. The highest BCUT2D eigenvalue weighted by Crippen LogP contribution is 2.12. The molecule has 1 rings (SSSR count). The smallest absolute Gasteiger partial charge is 0.271 e. The van der Waals surface area contributed by atoms with Gasteiger partial charge in [0, 0.05) is 11.4 Å². The van der Waals surface area contributed by atoms with Crippen molar-refractivity contribution in [3.8, 4) is 0 Å². The second-order valence-corrected chi connectivity index (χ2v) is 5.31. The Morgan fingerprint density at radius 3 is 2.69 bits per heavy atom. The topological polar surface area (TPSA) is 68.0 Å². The first kappa shape index (κ1) is 13.0. The minimum absolute atomic E-state index is 0.135. The number of aromatic nitrogens is 1. The summed E-state index contributed by atoms with van der Waals surface area (Å²) in [5.74, 6) is 0.526. The number of amides is 1. The van der Waals surface area contributed by atoms with E-state index in [0.29, 0.717) is 16.7 Å². The van der Waals surface area contributed by atoms with Crippen molar-refractivity contribution >= 4 is 22.4 Å². The van der Waals surface area contributed by atoms with E-state index < -0.39 is 0 Å². The van der Waals surface area contributed by atoms with Crippen LogP contribution < -0.4 is 11.1 Å². The summed E-state index contributed by atoms with van der Waals surface area (Å²) in [6.07, 6.45) is 2.10. The second kappa shape index (κ2) is 5.84. The Hall–Kier alpha value is -1.10. The fraction of sp³-hybridized carbons (Fsp3) is 0.636. The predicted octanol–water partition coefficient (Wildman–Crippen LogP) is 2.28. The first-order valence-electron chi connectivity index (χ1n) is 5.51. The number of rotatable bonds is 5. The average Bonchev–Trinajstić information content (AvgIpc) is 2.62. The van der Waals surface area contributed by atoms with Crippen molar-refractivity contribution in [2.24, 2.45) is 5.92 Å². The van der Waals surface area contributed by atoms with E-state index in [1.54, 1.807) is 5.38 Å². The average molecular weight is 241 g/mol. The number of nitrogens with two attached hydrogens (primary N) is 1. The van der Waals surface area contributed by atoms with Crippen molar-refractivity contribution < 1.29 is 4.79 Å². The van der Waals surface area contributed by atoms with Gasteiger partial charge in [0.1, 0.15) is 5.69 Å². The molecule has 0 aromatic carbocycles. The van der Waals surface area contributed by atoms with Crippen molar-refractivity contribution in [2.45, 2.75) is 39.7 Å². The molecule has 1 aromatic heterocycles. The molecule has 0 aliphatic heterocycles. The van der Waals surface area contributed by atoms with Crippen molar-refractivity contribution in [1.29, 1.82) is 0 Å². The van der Waals surface area contributed by atoms with E-state index in [1.165, 1.54) is 11.3 Å². The summed E-state index contributed by atoms with van der Waals surface area (Å²) in [5, 5.41) is 5.03. The normalized spacial score (nSPS) is 12.8. The summed E-state index contributed by atoms with van der Waals surface area (Å²) in [7, 11) is 0. The fourth-order valence-corrected chi connectivity index (χ4v) is 1.89. The molecule has 1 atom stereocenters. The van der Waals surface area contributed by atoms with E-state index in [9.17, 15) is 4.79 Å². The molecule has 16 heavy (non-hydrogen) atoms. The number of hydrogen-bond donors (Lipinski definition) is 2. The number of carbonyl (C=O) groups excluding carboxylic acids is 1. The highest BCUT2D eigenvalue weighted by atomic mass is 32.1. The number of thiazole rings is 1. The van der Waals surface area contributed by atoms with Crippen LogP contribution in [0.25, 0.3) is 0 Å². The Morgan fingerprint density at radius 1 is 1.50 bits per heavy atom. The standard InChI is InChI=1S/C11H19N3OS/c1-7(2)4-5-8(3)13-10(15)9-6-16-11(12)14-9/h6-8H,4-5H2,1-3H3,(H2,12,14)(H,13,15). The lowest BCUT2D eigenvalue weighted by atomic mass is 10.0. The molecule has 0 aliphatic rings. The number of hydrogen-bond acceptors (Lipinski definition) is 4. The lowest BCUT2D eigenvalue weighted by molar-refractivity contribution is 0.0933. The number of anilines is 1. The second-order valence-electron chi connectivity index (χ2n) is 4.42. The van der Waals surface area contributed by atoms with Gasteiger partial charge < -0.3 is 11.1 Å². The highest BCUT2D eigenvalue weighted by Gasteiger charge is 2.12. The van der Waals surface area contributed by atoms with E-state index in [-0.39, 0.29) is 11.9 Å². The Bertz CT molecular complexity index is 349. The molecule has 0 spiro atoms. The van der Waals surface area contributed by atoms with Crippen LogP contribution in [0, 0.1) is 5.92 Å². The first-order valence-corrected chi connectivity index (χ1v) is 6.39. The van der Waals surface area contributed by atoms with Crippen molar-refractivity contribution in [2.75, 3.05) is 5.73 Å². The van der Waals surface area contributed by atoms with Crippen LogP contribution in [-0.4, -0.2) is 16.9 Å². The molecule has 3 N–H and O–H groups in total. The van der Waals surface area contributed by atoms with Crippen LogP contribution in [-0.2, 0) is 0 Å². The summed E-state index contributed by atoms with van der Waals surface area (Å²) in [5.41, 5.74) is 5.89. The lowest BCUT2D eigenvalue weighted by Crippen LogP contribution is -2.32. The third-order valence-electron chi connectivity index (χ3n) is 2.31. The largest absolute Gasteiger partial charge is 0.375 e. The zero-order valence-electron chi connectivity index (χ0n) is 9.99. The molecule has 0 saturated carbocycles. The minimum Gasteiger partial charge on any atom is -0.375 e. The van der Waals surface area contributed by atoms with Gasteiger partial charge in [-0.05, 0) is 25.7 Å². The number of nitrogens with one attached hydrogen (secondary N) is 1. The SMILES string of the molecule is CC(C)CCC(C)NC(=O)c1csc(N)n1. The fourth-order valence-electron chi connectivity index (χ4n) is 1.35. The van der Waals surface area contributed by atoms with Crippen LogP contribution in [0.2, 0.25) is 0 Å². The maximum atomic E-state index is 11.7. The molecular weight excluding hydrogens is 222 g/mol. The quantitative estimate of drug-likeness (QED) is 0.831. The Morgan fingerprint density at radius 2 is 2.19 bits per heavy atom. The molecule has 1 heterocycles. The first-order chi connectivity index (χ1) is 7.49. The lowest BCUT2D eigenvalue weighted by Gasteiger charge is -2.14. The van der Waals surface area contributed by atoms with Gasteiger partial charge in [0.2, 0.25) is 0 Å². The molecule has 4 nitrogen and oxygen atoms in total. The zero-order valence-corrected chi connectivity index (χ0v) is 10.8. The molecule has 1 aromatic rings. The summed E-state index contributed by atoms with van der Waals surface area (Å²) >= 11 is 1.28. The summed E-state index contributed by atoms with van der Waals surface area (Å²) in [6, 6.07) is 0.179. The van der Waals surface area contributed by atoms with Gasteiger partial charge in [0.15, 0.2) is 5.13 Å². The van der Waals surface area contributed by atoms with Crippen LogP contribution in [0.5, 0.6) is 0 Å². The van der Waals surface area contributed by atoms with Gasteiger partial charge in [-0.25, -0.2) is 4.98 Å². The third-order valence-corrected chi connectivity index (χ3v) is 2.98. The Kier molecular flexibility index (Phi) is 4.73. The van der Waals surface area contributed by atoms with Crippen molar-refractivity contribution in [3.05, 3.63) is 11.1 Å². The summed E-state index contributed by atoms with van der Waals surface area (Å²) in [4.78, 5) is 15.6. The van der Waals surface area contributed by atoms with Gasteiger partial charge in [0.05, 0.1) is 0 Å². The predicted molar refractivity (Wildman–Crippen MR) is 67.5 cm³/mol. The Balaban J connectivity index is 2.39. The van der Waals surface area contributed by atoms with Crippen LogP contribution in [0.4, 0.5) is 5.13 Å². The maximum absolute atomic E-state index is 11.7. The Labute approximate surface area is 100 Å². The molecule has 5 heteroatoms. The van der Waals surface area contributed by atoms with Gasteiger partial charge >= 0.3 is 0 Å². The maximum Gasteiger partial charge on any atom is 0.271 e. The highest BCUT2D eigenvalue weighted by molar-refractivity contribution is 7.13. The van der Waals surface area contributed by atoms with Crippen LogP contribution >= 0.6 is 11.3 Å². The molecule has 1 unspecified atom stereocenters. The summed E-state index contributed by atoms with van der Waals surface area (Å²) < 4.78 is 0. The van der Waals surface area contributed by atoms with Gasteiger partial charge in [-0.1, -0.05) is 13.8 Å². The van der Waals surface area contributed by atoms with Crippen molar-refractivity contribution in [1.82, 2.24) is 10.3 Å². The summed E-state index contributed by atoms with van der Waals surface area (Å²) in [6.45, 7) is 6.36. The molecule has 0 aliphatic carbocycles. The van der Waals surface area contributed by atoms with E-state index >= 15 is 0 Å². The van der Waals surface area contributed by atoms with Gasteiger partial charge in [-0.15, -0.1) is 11.3 Å². The van der Waals surface area contributed by atoms with Gasteiger partial charge in [0.25, 0.3) is 5.91 Å². The van der Waals surface area contributed by atoms with Crippen LogP contribution in [0.15, 0.2) is 5.38 Å². The van der Waals surface area contributed by atoms with E-state index in [0.717, 1.165) is 12.8 Å².